The molecule has 2 N–H and O–H groups in total. The smallest absolute Gasteiger partial charge is 0.186 e. The fourth-order valence-corrected chi connectivity index (χ4v) is 6.92. The Kier molecular flexibility index (Phi) is 5.06. The van der Waals surface area contributed by atoms with Gasteiger partial charge < -0.3 is 10.2 Å². The third kappa shape index (κ3) is 2.32. The van der Waals surface area contributed by atoms with E-state index in [0.29, 0.717) is 6.42 Å². The first-order valence-corrected chi connectivity index (χ1v) is 10.7. The normalized spacial score (nSPS) is 33.3. The number of nitrogens with zero attached hydrogens (tertiary/aromatic N) is 7. The van der Waals surface area contributed by atoms with Crippen molar-refractivity contribution in [1.82, 2.24) is 0 Å². The van der Waals surface area contributed by atoms with Crippen LogP contribution < -0.4 is 0 Å². The summed E-state index contributed by atoms with van der Waals surface area (Å²) in [5.74, 6) is -3.90. The van der Waals surface area contributed by atoms with Crippen LogP contribution in [0.2, 0.25) is 0 Å². The first kappa shape index (κ1) is 23.3. The fourth-order valence-electron chi connectivity index (χ4n) is 6.92. The zero-order chi connectivity index (χ0) is 25.8. The van der Waals surface area contributed by atoms with E-state index in [2.05, 4.69) is 18.7 Å². The zero-order valence-electron chi connectivity index (χ0n) is 18.3. The van der Waals surface area contributed by atoms with E-state index in [1.807, 2.05) is 18.2 Å². The number of hydrogen-bond acceptors (Lipinski definition) is 9. The SMILES string of the molecule is C=CC12C([CH]C[C@@]3(C#N)C1CC[C@@H]3O)c1c(C#N)c(C#N)c(O)c(C#N)c1C(C#N)(C#N)C2C#N. The van der Waals surface area contributed by atoms with Gasteiger partial charge in [-0.3, -0.25) is 0 Å². The second-order valence-corrected chi connectivity index (χ2v) is 9.11. The van der Waals surface area contributed by atoms with Crippen molar-refractivity contribution in [1.29, 1.82) is 36.8 Å². The molecule has 4 rings (SSSR count). The molecule has 0 amide bonds. The molecule has 1 radical (unpaired) electrons. The van der Waals surface area contributed by atoms with Crippen LogP contribution >= 0.6 is 0 Å². The van der Waals surface area contributed by atoms with Gasteiger partial charge in [0.15, 0.2) is 11.2 Å². The van der Waals surface area contributed by atoms with Crippen molar-refractivity contribution in [2.75, 3.05) is 0 Å². The van der Waals surface area contributed by atoms with Crippen molar-refractivity contribution in [3.8, 4) is 48.2 Å². The second kappa shape index (κ2) is 7.59. The van der Waals surface area contributed by atoms with E-state index in [9.17, 15) is 47.0 Å². The molecule has 9 nitrogen and oxygen atoms in total. The molecule has 1 aromatic carbocycles. The van der Waals surface area contributed by atoms with Gasteiger partial charge in [0, 0.05) is 11.0 Å². The number of aliphatic hydroxyl groups excluding tert-OH is 1. The van der Waals surface area contributed by atoms with Gasteiger partial charge >= 0.3 is 0 Å². The Morgan fingerprint density at radius 3 is 2.03 bits per heavy atom. The Balaban J connectivity index is 2.30. The van der Waals surface area contributed by atoms with Crippen LogP contribution in [0.5, 0.6) is 5.75 Å². The quantitative estimate of drug-likeness (QED) is 0.592. The maximum atomic E-state index is 10.8. The minimum atomic E-state index is -2.34. The molecule has 2 saturated carbocycles. The topological polar surface area (TPSA) is 207 Å². The Hall–Kier alpha value is -4.85. The largest absolute Gasteiger partial charge is 0.505 e. The summed E-state index contributed by atoms with van der Waals surface area (Å²) in [7, 11) is 0. The lowest BCUT2D eigenvalue weighted by Crippen LogP contribution is -2.60. The minimum absolute atomic E-state index is 0.0285. The third-order valence-electron chi connectivity index (χ3n) is 8.31. The van der Waals surface area contributed by atoms with Crippen LogP contribution in [0.1, 0.15) is 53.0 Å². The van der Waals surface area contributed by atoms with E-state index >= 15 is 0 Å². The summed E-state index contributed by atoms with van der Waals surface area (Å²) in [6.45, 7) is 3.93. The number of fused-ring (bicyclic) bond motifs is 5. The van der Waals surface area contributed by atoms with Gasteiger partial charge in [0.25, 0.3) is 0 Å². The molecule has 35 heavy (non-hydrogen) atoms. The van der Waals surface area contributed by atoms with Gasteiger partial charge in [0.2, 0.25) is 0 Å². The molecule has 1 aromatic rings. The summed E-state index contributed by atoms with van der Waals surface area (Å²) in [4.78, 5) is 0. The third-order valence-corrected chi connectivity index (χ3v) is 8.31. The Morgan fingerprint density at radius 1 is 0.914 bits per heavy atom. The molecule has 167 valence electrons. The molecule has 0 spiro atoms. The van der Waals surface area contributed by atoms with Crippen molar-refractivity contribution < 1.29 is 10.2 Å². The summed E-state index contributed by atoms with van der Waals surface area (Å²) in [6, 6.07) is 13.4. The van der Waals surface area contributed by atoms with Crippen LogP contribution in [0.15, 0.2) is 12.7 Å². The number of phenolic OH excluding ortho intramolecular Hbond substituents is 1. The number of phenols is 1. The van der Waals surface area contributed by atoms with Gasteiger partial charge in [-0.25, -0.2) is 0 Å². The van der Waals surface area contributed by atoms with Crippen LogP contribution in [0, 0.1) is 108 Å². The van der Waals surface area contributed by atoms with Crippen LogP contribution in [-0.4, -0.2) is 16.3 Å². The number of aliphatic hydroxyl groups is 1. The number of allylic oxidation sites excluding steroid dienone is 1. The molecule has 0 bridgehead atoms. The molecule has 0 heterocycles. The molecule has 0 saturated heterocycles. The molecule has 3 aliphatic rings. The van der Waals surface area contributed by atoms with E-state index in [1.165, 1.54) is 6.08 Å². The van der Waals surface area contributed by atoms with E-state index in [-0.39, 0.29) is 29.5 Å². The summed E-state index contributed by atoms with van der Waals surface area (Å²) in [5, 5.41) is 92.6. The summed E-state index contributed by atoms with van der Waals surface area (Å²) >= 11 is 0. The van der Waals surface area contributed by atoms with Crippen LogP contribution in [0.25, 0.3) is 0 Å². The maximum absolute atomic E-state index is 10.8. The second-order valence-electron chi connectivity index (χ2n) is 9.11. The zero-order valence-corrected chi connectivity index (χ0v) is 18.3. The molecule has 9 heteroatoms. The van der Waals surface area contributed by atoms with Crippen molar-refractivity contribution >= 4 is 0 Å². The average Bonchev–Trinajstić information content (AvgIpc) is 3.23. The molecule has 0 aliphatic heterocycles. The number of nitriles is 7. The molecule has 3 aliphatic carbocycles. The number of rotatable bonds is 1. The highest BCUT2D eigenvalue weighted by Crippen LogP contribution is 2.72. The highest BCUT2D eigenvalue weighted by molar-refractivity contribution is 5.74. The Labute approximate surface area is 201 Å². The first-order valence-electron chi connectivity index (χ1n) is 10.7. The Morgan fingerprint density at radius 2 is 1.54 bits per heavy atom. The van der Waals surface area contributed by atoms with Crippen LogP contribution in [0.3, 0.4) is 0 Å². The predicted octanol–water partition coefficient (Wildman–Crippen LogP) is 2.59. The lowest BCUT2D eigenvalue weighted by molar-refractivity contribution is -0.0298. The van der Waals surface area contributed by atoms with Gasteiger partial charge in [-0.1, -0.05) is 6.08 Å². The molecular formula is C26H16N7O2. The average molecular weight is 458 g/mol. The number of aromatic hydroxyl groups is 1. The van der Waals surface area contributed by atoms with Crippen LogP contribution in [0.4, 0.5) is 0 Å². The number of benzene rings is 1. The van der Waals surface area contributed by atoms with E-state index in [1.54, 1.807) is 18.6 Å². The standard InChI is InChI=1S/C26H16N7O2/c1-2-26-17(5-6-24(11-31)18(26)3-4-20(24)34)21-14(7-27)15(8-28)23(35)16(9-29)22(21)25(12-32,13-33)19(26)10-30/h2,5,17-20,34-35H,1,3-4,6H2/t17?,18?,19?,20-,24+,26?/m0/s1. The predicted molar refractivity (Wildman–Crippen MR) is 115 cm³/mol. The highest BCUT2D eigenvalue weighted by atomic mass is 16.3. The minimum Gasteiger partial charge on any atom is -0.505 e. The maximum Gasteiger partial charge on any atom is 0.186 e. The van der Waals surface area contributed by atoms with Gasteiger partial charge in [-0.2, -0.15) is 36.8 Å². The van der Waals surface area contributed by atoms with Gasteiger partial charge in [-0.05, 0) is 43.1 Å². The van der Waals surface area contributed by atoms with E-state index in [4.69, 9.17) is 0 Å². The monoisotopic (exact) mass is 458 g/mol. The van der Waals surface area contributed by atoms with Crippen LogP contribution in [-0.2, 0) is 5.41 Å². The molecule has 6 atom stereocenters. The van der Waals surface area contributed by atoms with Gasteiger partial charge in [0.05, 0.1) is 47.3 Å². The molecule has 4 unspecified atom stereocenters. The van der Waals surface area contributed by atoms with E-state index < -0.39 is 57.0 Å². The molecule has 2 fully saturated rings. The summed E-state index contributed by atoms with van der Waals surface area (Å²) in [5.41, 5.74) is -6.65. The fraction of sp³-hybridized carbons (Fsp3) is 0.385. The Bertz CT molecular complexity index is 1470. The molecule has 0 aromatic heterocycles. The molecular weight excluding hydrogens is 442 g/mol. The summed E-state index contributed by atoms with van der Waals surface area (Å²) in [6.07, 6.45) is 2.67. The van der Waals surface area contributed by atoms with Crippen molar-refractivity contribution in [3.05, 3.63) is 46.9 Å². The van der Waals surface area contributed by atoms with E-state index in [0.717, 1.165) is 0 Å². The summed E-state index contributed by atoms with van der Waals surface area (Å²) < 4.78 is 0. The first-order chi connectivity index (χ1) is 16.8. The van der Waals surface area contributed by atoms with Crippen molar-refractivity contribution in [3.63, 3.8) is 0 Å². The number of hydrogen-bond donors (Lipinski definition) is 2. The van der Waals surface area contributed by atoms with Gasteiger partial charge in [0.1, 0.15) is 29.3 Å². The van der Waals surface area contributed by atoms with Crippen molar-refractivity contribution in [2.45, 2.75) is 36.7 Å². The lowest BCUT2D eigenvalue weighted by atomic mass is 9.39. The highest BCUT2D eigenvalue weighted by Gasteiger charge is 2.72. The lowest BCUT2D eigenvalue weighted by Gasteiger charge is -2.59. The van der Waals surface area contributed by atoms with Crippen molar-refractivity contribution in [2.24, 2.45) is 22.7 Å². The van der Waals surface area contributed by atoms with Gasteiger partial charge in [-0.15, -0.1) is 6.58 Å².